The molecular formula is C15H17NO4. The Morgan fingerprint density at radius 2 is 2.25 bits per heavy atom. The van der Waals surface area contributed by atoms with Crippen LogP contribution in [0.2, 0.25) is 0 Å². The van der Waals surface area contributed by atoms with E-state index >= 15 is 0 Å². The molecule has 1 aromatic carbocycles. The zero-order valence-electron chi connectivity index (χ0n) is 11.3. The topological polar surface area (TPSA) is 79.6 Å². The van der Waals surface area contributed by atoms with Crippen molar-refractivity contribution < 1.29 is 19.4 Å². The van der Waals surface area contributed by atoms with Crippen molar-refractivity contribution in [2.75, 3.05) is 13.7 Å². The Morgan fingerprint density at radius 3 is 2.90 bits per heavy atom. The number of hydrogen-bond donors (Lipinski definition) is 1. The van der Waals surface area contributed by atoms with E-state index in [1.807, 2.05) is 0 Å². The summed E-state index contributed by atoms with van der Waals surface area (Å²) in [4.78, 5) is 10.6. The summed E-state index contributed by atoms with van der Waals surface area (Å²) in [6, 6.07) is 7.27. The van der Waals surface area contributed by atoms with Gasteiger partial charge >= 0.3 is 5.97 Å². The van der Waals surface area contributed by atoms with Gasteiger partial charge in [0.2, 0.25) is 0 Å². The number of hydrogen-bond acceptors (Lipinski definition) is 4. The van der Waals surface area contributed by atoms with Crippen LogP contribution in [-0.4, -0.2) is 24.8 Å². The highest BCUT2D eigenvalue weighted by Gasteiger charge is 2.04. The maximum Gasteiger partial charge on any atom is 0.328 e. The minimum Gasteiger partial charge on any atom is -0.497 e. The first-order chi connectivity index (χ1) is 9.67. The molecule has 20 heavy (non-hydrogen) atoms. The molecule has 0 unspecified atom stereocenters. The number of carboxylic acids is 1. The third-order valence-corrected chi connectivity index (χ3v) is 2.57. The van der Waals surface area contributed by atoms with Gasteiger partial charge in [0.25, 0.3) is 0 Å². The second kappa shape index (κ2) is 8.59. The van der Waals surface area contributed by atoms with Gasteiger partial charge in [-0.15, -0.1) is 0 Å². The van der Waals surface area contributed by atoms with E-state index in [0.717, 1.165) is 18.9 Å². The Hall–Kier alpha value is -2.48. The molecule has 0 saturated carbocycles. The molecule has 0 saturated heterocycles. The Labute approximate surface area is 118 Å². The number of carbonyl (C=O) groups is 1. The molecule has 0 fully saturated rings. The summed E-state index contributed by atoms with van der Waals surface area (Å²) in [7, 11) is 1.55. The van der Waals surface area contributed by atoms with E-state index < -0.39 is 5.97 Å². The number of nitrogens with zero attached hydrogens (tertiary/aromatic N) is 1. The highest BCUT2D eigenvalue weighted by molar-refractivity contribution is 5.86. The maximum absolute atomic E-state index is 10.6. The second-order valence-electron chi connectivity index (χ2n) is 4.04. The SMILES string of the molecule is COc1ccc(C=CC(=O)O)c(OCCCCC#N)c1. The van der Waals surface area contributed by atoms with E-state index in [1.54, 1.807) is 25.3 Å². The van der Waals surface area contributed by atoms with Crippen LogP contribution in [0.5, 0.6) is 11.5 Å². The Balaban J connectivity index is 2.73. The highest BCUT2D eigenvalue weighted by atomic mass is 16.5. The number of ether oxygens (including phenoxy) is 2. The van der Waals surface area contributed by atoms with Crippen molar-refractivity contribution in [1.29, 1.82) is 5.26 Å². The molecule has 5 nitrogen and oxygen atoms in total. The summed E-state index contributed by atoms with van der Waals surface area (Å²) < 4.78 is 10.7. The van der Waals surface area contributed by atoms with Crippen molar-refractivity contribution >= 4 is 12.0 Å². The van der Waals surface area contributed by atoms with E-state index in [4.69, 9.17) is 19.8 Å². The predicted molar refractivity (Wildman–Crippen MR) is 74.6 cm³/mol. The first-order valence-corrected chi connectivity index (χ1v) is 6.26. The number of benzene rings is 1. The fourth-order valence-corrected chi connectivity index (χ4v) is 1.55. The van der Waals surface area contributed by atoms with Crippen LogP contribution < -0.4 is 9.47 Å². The molecule has 1 rings (SSSR count). The summed E-state index contributed by atoms with van der Waals surface area (Å²) >= 11 is 0. The summed E-state index contributed by atoms with van der Waals surface area (Å²) in [6.45, 7) is 0.475. The molecule has 0 amide bonds. The molecular weight excluding hydrogens is 258 g/mol. The van der Waals surface area contributed by atoms with E-state index in [2.05, 4.69) is 6.07 Å². The Bertz CT molecular complexity index is 517. The van der Waals surface area contributed by atoms with Gasteiger partial charge in [0.1, 0.15) is 11.5 Å². The van der Waals surface area contributed by atoms with E-state index in [0.29, 0.717) is 30.1 Å². The maximum atomic E-state index is 10.6. The van der Waals surface area contributed by atoms with Gasteiger partial charge in [0.05, 0.1) is 19.8 Å². The van der Waals surface area contributed by atoms with E-state index in [1.165, 1.54) is 6.08 Å². The molecule has 0 heterocycles. The smallest absolute Gasteiger partial charge is 0.328 e. The average Bonchev–Trinajstić information content (AvgIpc) is 2.45. The van der Waals surface area contributed by atoms with Gasteiger partial charge in [0.15, 0.2) is 0 Å². The van der Waals surface area contributed by atoms with Gasteiger partial charge in [-0.2, -0.15) is 5.26 Å². The zero-order chi connectivity index (χ0) is 14.8. The Morgan fingerprint density at radius 1 is 1.45 bits per heavy atom. The van der Waals surface area contributed by atoms with Crippen LogP contribution in [0.1, 0.15) is 24.8 Å². The highest BCUT2D eigenvalue weighted by Crippen LogP contribution is 2.26. The summed E-state index contributed by atoms with van der Waals surface area (Å²) in [5, 5.41) is 17.1. The number of aliphatic carboxylic acids is 1. The lowest BCUT2D eigenvalue weighted by atomic mass is 10.1. The van der Waals surface area contributed by atoms with Gasteiger partial charge in [0, 0.05) is 24.1 Å². The average molecular weight is 275 g/mol. The van der Waals surface area contributed by atoms with Crippen LogP contribution >= 0.6 is 0 Å². The monoisotopic (exact) mass is 275 g/mol. The normalized spacial score (nSPS) is 10.2. The third-order valence-electron chi connectivity index (χ3n) is 2.57. The van der Waals surface area contributed by atoms with Crippen molar-refractivity contribution in [2.24, 2.45) is 0 Å². The van der Waals surface area contributed by atoms with Gasteiger partial charge < -0.3 is 14.6 Å². The molecule has 1 aromatic rings. The first-order valence-electron chi connectivity index (χ1n) is 6.26. The number of nitriles is 1. The third kappa shape index (κ3) is 5.44. The number of carboxylic acid groups (broad SMARTS) is 1. The van der Waals surface area contributed by atoms with Gasteiger partial charge in [-0.3, -0.25) is 0 Å². The van der Waals surface area contributed by atoms with Gasteiger partial charge in [-0.1, -0.05) is 0 Å². The summed E-state index contributed by atoms with van der Waals surface area (Å²) in [5.41, 5.74) is 0.675. The lowest BCUT2D eigenvalue weighted by Crippen LogP contribution is -1.99. The van der Waals surface area contributed by atoms with Gasteiger partial charge in [-0.05, 0) is 31.1 Å². The zero-order valence-corrected chi connectivity index (χ0v) is 11.3. The largest absolute Gasteiger partial charge is 0.497 e. The van der Waals surface area contributed by atoms with Crippen molar-refractivity contribution in [3.05, 3.63) is 29.8 Å². The number of methoxy groups -OCH3 is 1. The molecule has 1 N–H and O–H groups in total. The first kappa shape index (κ1) is 15.6. The van der Waals surface area contributed by atoms with Crippen molar-refractivity contribution in [3.8, 4) is 17.6 Å². The fraction of sp³-hybridized carbons (Fsp3) is 0.333. The molecule has 0 aliphatic carbocycles. The minimum absolute atomic E-state index is 0.475. The number of rotatable bonds is 8. The van der Waals surface area contributed by atoms with E-state index in [9.17, 15) is 4.79 Å². The molecule has 0 bridgehead atoms. The van der Waals surface area contributed by atoms with Crippen LogP contribution in [0.15, 0.2) is 24.3 Å². The van der Waals surface area contributed by atoms with Crippen LogP contribution in [-0.2, 0) is 4.79 Å². The second-order valence-corrected chi connectivity index (χ2v) is 4.04. The molecule has 106 valence electrons. The Kier molecular flexibility index (Phi) is 6.69. The predicted octanol–water partition coefficient (Wildman–Crippen LogP) is 2.87. The summed E-state index contributed by atoms with van der Waals surface area (Å²) in [5.74, 6) is 0.198. The molecule has 5 heteroatoms. The van der Waals surface area contributed by atoms with Crippen molar-refractivity contribution in [3.63, 3.8) is 0 Å². The molecule has 0 radical (unpaired) electrons. The van der Waals surface area contributed by atoms with Gasteiger partial charge in [-0.25, -0.2) is 4.79 Å². The fourth-order valence-electron chi connectivity index (χ4n) is 1.55. The quantitative estimate of drug-likeness (QED) is 0.583. The molecule has 0 aliphatic rings. The standard InChI is InChI=1S/C15H17NO4/c1-19-13-7-5-12(6-8-15(17)18)14(11-13)20-10-4-2-3-9-16/h5-8,11H,2-4,10H2,1H3,(H,17,18). The molecule has 0 atom stereocenters. The van der Waals surface area contributed by atoms with Crippen molar-refractivity contribution in [1.82, 2.24) is 0 Å². The molecule has 0 aliphatic heterocycles. The van der Waals surface area contributed by atoms with Crippen LogP contribution in [0, 0.1) is 11.3 Å². The van der Waals surface area contributed by atoms with Crippen molar-refractivity contribution in [2.45, 2.75) is 19.3 Å². The van der Waals surface area contributed by atoms with Crippen LogP contribution in [0.4, 0.5) is 0 Å². The molecule has 0 aromatic heterocycles. The lowest BCUT2D eigenvalue weighted by Gasteiger charge is -2.10. The summed E-state index contributed by atoms with van der Waals surface area (Å²) in [6.07, 6.45) is 4.59. The van der Waals surface area contributed by atoms with Crippen LogP contribution in [0.3, 0.4) is 0 Å². The molecule has 0 spiro atoms. The van der Waals surface area contributed by atoms with Crippen LogP contribution in [0.25, 0.3) is 6.08 Å². The van der Waals surface area contributed by atoms with E-state index in [-0.39, 0.29) is 0 Å². The number of unbranched alkanes of at least 4 members (excludes halogenated alkanes) is 2. The minimum atomic E-state index is -1.01. The lowest BCUT2D eigenvalue weighted by molar-refractivity contribution is -0.131.